The van der Waals surface area contributed by atoms with Gasteiger partial charge in [0.05, 0.1) is 0 Å². The predicted molar refractivity (Wildman–Crippen MR) is 76.8 cm³/mol. The molecule has 3 N–H and O–H groups in total. The zero-order valence-corrected chi connectivity index (χ0v) is 11.9. The van der Waals surface area contributed by atoms with E-state index in [9.17, 15) is 0 Å². The molecule has 1 atom stereocenters. The Morgan fingerprint density at radius 1 is 1.28 bits per heavy atom. The average Bonchev–Trinajstić information content (AvgIpc) is 3.17. The quantitative estimate of drug-likeness (QED) is 0.434. The third-order valence-corrected chi connectivity index (χ3v) is 3.34. The highest BCUT2D eigenvalue weighted by molar-refractivity contribution is 5.79. The third kappa shape index (κ3) is 6.84. The highest BCUT2D eigenvalue weighted by Crippen LogP contribution is 2.27. The second kappa shape index (κ2) is 9.20. The maximum Gasteiger partial charge on any atom is 0.191 e. The molecule has 1 unspecified atom stereocenters. The zero-order valence-electron chi connectivity index (χ0n) is 11.9. The number of aliphatic hydroxyl groups is 1. The number of aliphatic hydroxyl groups excluding tert-OH is 1. The van der Waals surface area contributed by atoms with Crippen molar-refractivity contribution in [2.45, 2.75) is 46.0 Å². The summed E-state index contributed by atoms with van der Waals surface area (Å²) >= 11 is 0. The van der Waals surface area contributed by atoms with Gasteiger partial charge in [-0.05, 0) is 44.4 Å². The van der Waals surface area contributed by atoms with Gasteiger partial charge in [0.1, 0.15) is 0 Å². The lowest BCUT2D eigenvalue weighted by Crippen LogP contribution is -2.38. The Kier molecular flexibility index (Phi) is 7.81. The molecular weight excluding hydrogens is 226 g/mol. The molecule has 1 rings (SSSR count). The van der Waals surface area contributed by atoms with Crippen LogP contribution in [0.3, 0.4) is 0 Å². The summed E-state index contributed by atoms with van der Waals surface area (Å²) in [6.45, 7) is 7.30. The Balaban J connectivity index is 2.34. The first kappa shape index (κ1) is 15.3. The molecule has 0 aromatic carbocycles. The molecule has 0 saturated heterocycles. The van der Waals surface area contributed by atoms with Crippen molar-refractivity contribution < 1.29 is 5.11 Å². The minimum absolute atomic E-state index is 0.270. The van der Waals surface area contributed by atoms with E-state index in [-0.39, 0.29) is 6.61 Å². The number of nitrogens with zero attached hydrogens (tertiary/aromatic N) is 1. The summed E-state index contributed by atoms with van der Waals surface area (Å²) in [5.41, 5.74) is 0. The SMILES string of the molecule is CCCC(CCO)CN=C(NCC)NCC1CC1. The van der Waals surface area contributed by atoms with Crippen molar-refractivity contribution in [1.29, 1.82) is 0 Å². The molecule has 1 fully saturated rings. The predicted octanol–water partition coefficient (Wildman–Crippen LogP) is 1.75. The van der Waals surface area contributed by atoms with Crippen molar-refractivity contribution in [1.82, 2.24) is 10.6 Å². The first-order chi connectivity index (χ1) is 8.80. The molecule has 1 aliphatic carbocycles. The van der Waals surface area contributed by atoms with Crippen LogP contribution in [0.2, 0.25) is 0 Å². The molecule has 0 aromatic heterocycles. The molecule has 0 heterocycles. The van der Waals surface area contributed by atoms with Gasteiger partial charge in [-0.2, -0.15) is 0 Å². The topological polar surface area (TPSA) is 56.7 Å². The van der Waals surface area contributed by atoms with Crippen molar-refractivity contribution in [3.05, 3.63) is 0 Å². The summed E-state index contributed by atoms with van der Waals surface area (Å²) in [5, 5.41) is 15.7. The molecule has 1 saturated carbocycles. The molecule has 0 radical (unpaired) electrons. The second-order valence-corrected chi connectivity index (χ2v) is 5.21. The Morgan fingerprint density at radius 2 is 2.06 bits per heavy atom. The summed E-state index contributed by atoms with van der Waals surface area (Å²) < 4.78 is 0. The minimum atomic E-state index is 0.270. The van der Waals surface area contributed by atoms with Gasteiger partial charge >= 0.3 is 0 Å². The largest absolute Gasteiger partial charge is 0.396 e. The maximum absolute atomic E-state index is 9.04. The van der Waals surface area contributed by atoms with E-state index in [4.69, 9.17) is 5.11 Å². The molecule has 106 valence electrons. The summed E-state index contributed by atoms with van der Waals surface area (Å²) in [5.74, 6) is 2.30. The molecule has 0 amide bonds. The lowest BCUT2D eigenvalue weighted by molar-refractivity contribution is 0.253. The van der Waals surface area contributed by atoms with E-state index in [2.05, 4.69) is 29.5 Å². The molecule has 0 spiro atoms. The van der Waals surface area contributed by atoms with E-state index in [0.717, 1.165) is 50.8 Å². The van der Waals surface area contributed by atoms with Crippen LogP contribution in [0.5, 0.6) is 0 Å². The number of hydrogen-bond acceptors (Lipinski definition) is 2. The van der Waals surface area contributed by atoms with Crippen LogP contribution in [0, 0.1) is 11.8 Å². The van der Waals surface area contributed by atoms with E-state index in [1.807, 2.05) is 0 Å². The Hall–Kier alpha value is -0.770. The van der Waals surface area contributed by atoms with Crippen molar-refractivity contribution in [3.63, 3.8) is 0 Å². The van der Waals surface area contributed by atoms with Crippen LogP contribution in [0.25, 0.3) is 0 Å². The summed E-state index contributed by atoms with van der Waals surface area (Å²) in [4.78, 5) is 4.63. The number of nitrogens with one attached hydrogen (secondary N) is 2. The molecule has 4 nitrogen and oxygen atoms in total. The molecule has 4 heteroatoms. The molecule has 1 aliphatic rings. The Bertz CT molecular complexity index is 233. The summed E-state index contributed by atoms with van der Waals surface area (Å²) in [6.07, 6.45) is 5.88. The fraction of sp³-hybridized carbons (Fsp3) is 0.929. The van der Waals surface area contributed by atoms with E-state index in [1.165, 1.54) is 12.8 Å². The molecule has 18 heavy (non-hydrogen) atoms. The van der Waals surface area contributed by atoms with Crippen molar-refractivity contribution in [3.8, 4) is 0 Å². The summed E-state index contributed by atoms with van der Waals surface area (Å²) in [7, 11) is 0. The van der Waals surface area contributed by atoms with Crippen LogP contribution < -0.4 is 10.6 Å². The fourth-order valence-corrected chi connectivity index (χ4v) is 2.04. The maximum atomic E-state index is 9.04. The van der Waals surface area contributed by atoms with Crippen molar-refractivity contribution in [2.24, 2.45) is 16.8 Å². The molecule has 0 aliphatic heterocycles. The lowest BCUT2D eigenvalue weighted by Gasteiger charge is -2.15. The molecular formula is C14H29N3O. The van der Waals surface area contributed by atoms with Crippen LogP contribution in [-0.4, -0.2) is 37.3 Å². The highest BCUT2D eigenvalue weighted by Gasteiger charge is 2.21. The molecule has 0 aromatic rings. The van der Waals surface area contributed by atoms with Crippen LogP contribution >= 0.6 is 0 Å². The van der Waals surface area contributed by atoms with Crippen LogP contribution in [0.4, 0.5) is 0 Å². The number of aliphatic imine (C=N–C) groups is 1. The van der Waals surface area contributed by atoms with E-state index in [0.29, 0.717) is 5.92 Å². The van der Waals surface area contributed by atoms with Crippen molar-refractivity contribution in [2.75, 3.05) is 26.2 Å². The van der Waals surface area contributed by atoms with Gasteiger partial charge in [-0.1, -0.05) is 13.3 Å². The Morgan fingerprint density at radius 3 is 2.61 bits per heavy atom. The monoisotopic (exact) mass is 255 g/mol. The van der Waals surface area contributed by atoms with E-state index >= 15 is 0 Å². The van der Waals surface area contributed by atoms with Gasteiger partial charge in [0.25, 0.3) is 0 Å². The van der Waals surface area contributed by atoms with Crippen LogP contribution in [-0.2, 0) is 0 Å². The smallest absolute Gasteiger partial charge is 0.191 e. The van der Waals surface area contributed by atoms with Crippen molar-refractivity contribution >= 4 is 5.96 Å². The standard InChI is InChI=1S/C14H29N3O/c1-3-5-12(8-9-18)10-16-14(15-4-2)17-11-13-6-7-13/h12-13,18H,3-11H2,1-2H3,(H2,15,16,17). The zero-order chi connectivity index (χ0) is 13.2. The Labute approximate surface area is 111 Å². The van der Waals surface area contributed by atoms with E-state index < -0.39 is 0 Å². The van der Waals surface area contributed by atoms with Gasteiger partial charge in [0.15, 0.2) is 5.96 Å². The average molecular weight is 255 g/mol. The third-order valence-electron chi connectivity index (χ3n) is 3.34. The fourth-order valence-electron chi connectivity index (χ4n) is 2.04. The van der Waals surface area contributed by atoms with Crippen LogP contribution in [0.15, 0.2) is 4.99 Å². The lowest BCUT2D eigenvalue weighted by atomic mass is 10.0. The second-order valence-electron chi connectivity index (χ2n) is 5.21. The van der Waals surface area contributed by atoms with Gasteiger partial charge < -0.3 is 15.7 Å². The van der Waals surface area contributed by atoms with Crippen LogP contribution in [0.1, 0.15) is 46.0 Å². The number of rotatable bonds is 9. The van der Waals surface area contributed by atoms with Gasteiger partial charge in [0.2, 0.25) is 0 Å². The van der Waals surface area contributed by atoms with E-state index in [1.54, 1.807) is 0 Å². The van der Waals surface area contributed by atoms with Gasteiger partial charge in [-0.25, -0.2) is 0 Å². The highest BCUT2D eigenvalue weighted by atomic mass is 16.3. The number of guanidine groups is 1. The number of hydrogen-bond donors (Lipinski definition) is 3. The van der Waals surface area contributed by atoms with Gasteiger partial charge in [-0.3, -0.25) is 4.99 Å². The van der Waals surface area contributed by atoms with Gasteiger partial charge in [0, 0.05) is 26.2 Å². The molecule has 0 bridgehead atoms. The first-order valence-electron chi connectivity index (χ1n) is 7.43. The normalized spacial score (nSPS) is 17.6. The first-order valence-corrected chi connectivity index (χ1v) is 7.43. The minimum Gasteiger partial charge on any atom is -0.396 e. The summed E-state index contributed by atoms with van der Waals surface area (Å²) in [6, 6.07) is 0. The van der Waals surface area contributed by atoms with Gasteiger partial charge in [-0.15, -0.1) is 0 Å².